The van der Waals surface area contributed by atoms with Crippen molar-refractivity contribution in [3.8, 4) is 28.5 Å². The zero-order valence-electron chi connectivity index (χ0n) is 14.8. The largest absolute Gasteiger partial charge is 0.332 e. The van der Waals surface area contributed by atoms with Crippen molar-refractivity contribution in [3.63, 3.8) is 0 Å². The van der Waals surface area contributed by atoms with Gasteiger partial charge >= 0.3 is 0 Å². The number of para-hydroxylation sites is 1. The molecule has 27 heavy (non-hydrogen) atoms. The van der Waals surface area contributed by atoms with E-state index in [0.717, 1.165) is 52.7 Å². The average molecular weight is 356 g/mol. The van der Waals surface area contributed by atoms with Crippen molar-refractivity contribution in [1.82, 2.24) is 29.7 Å². The first-order valence-electron chi connectivity index (χ1n) is 9.10. The Labute approximate surface area is 155 Å². The molecule has 0 amide bonds. The Morgan fingerprint density at radius 1 is 1.07 bits per heavy atom. The maximum absolute atomic E-state index is 5.57. The van der Waals surface area contributed by atoms with Crippen LogP contribution in [0.5, 0.6) is 0 Å². The molecule has 2 aliphatic rings. The molecule has 1 aliphatic heterocycles. The first-order valence-corrected chi connectivity index (χ1v) is 9.10. The summed E-state index contributed by atoms with van der Waals surface area (Å²) >= 11 is 0. The summed E-state index contributed by atoms with van der Waals surface area (Å²) in [5, 5.41) is 4.16. The monoisotopic (exact) mass is 356 g/mol. The van der Waals surface area contributed by atoms with E-state index in [-0.39, 0.29) is 0 Å². The van der Waals surface area contributed by atoms with Crippen molar-refractivity contribution in [1.29, 1.82) is 0 Å². The molecule has 4 heterocycles. The lowest BCUT2D eigenvalue weighted by molar-refractivity contribution is 0.421. The summed E-state index contributed by atoms with van der Waals surface area (Å²) in [6.45, 7) is 2.02. The summed E-state index contributed by atoms with van der Waals surface area (Å²) in [6.07, 6.45) is 6.42. The average Bonchev–Trinajstić information content (AvgIpc) is 3.36. The highest BCUT2D eigenvalue weighted by atomic mass is 16.5. The number of nitrogens with zero attached hydrogens (tertiary/aromatic N) is 6. The third-order valence-corrected chi connectivity index (χ3v) is 5.30. The number of rotatable bonds is 2. The standard InChI is InChI=1S/C20H16N6O/c1-11-21-9-13-8-15-17(14-4-2-3-5-16(14)26(11)13)22-10-23-18(15)20-24-19(25-27-20)12-6-7-12/h2-5,9-10,12H,6-8H2,1H3. The van der Waals surface area contributed by atoms with E-state index < -0.39 is 0 Å². The van der Waals surface area contributed by atoms with Gasteiger partial charge in [-0.2, -0.15) is 4.98 Å². The van der Waals surface area contributed by atoms with Crippen LogP contribution in [0.4, 0.5) is 0 Å². The van der Waals surface area contributed by atoms with Gasteiger partial charge in [0.2, 0.25) is 0 Å². The van der Waals surface area contributed by atoms with Gasteiger partial charge in [0.1, 0.15) is 17.8 Å². The van der Waals surface area contributed by atoms with E-state index in [1.165, 1.54) is 0 Å². The van der Waals surface area contributed by atoms with Crippen LogP contribution in [0.1, 0.15) is 41.7 Å². The molecule has 0 bridgehead atoms. The molecule has 132 valence electrons. The molecule has 1 saturated carbocycles. The first-order chi connectivity index (χ1) is 13.3. The van der Waals surface area contributed by atoms with Crippen LogP contribution in [0.15, 0.2) is 41.3 Å². The molecule has 1 aliphatic carbocycles. The number of hydrogen-bond donors (Lipinski definition) is 0. The highest BCUT2D eigenvalue weighted by Crippen LogP contribution is 2.40. The Morgan fingerprint density at radius 3 is 2.81 bits per heavy atom. The van der Waals surface area contributed by atoms with Crippen molar-refractivity contribution in [2.24, 2.45) is 0 Å². The normalized spacial score (nSPS) is 15.0. The van der Waals surface area contributed by atoms with E-state index >= 15 is 0 Å². The molecular formula is C20H16N6O. The van der Waals surface area contributed by atoms with E-state index in [4.69, 9.17) is 4.52 Å². The van der Waals surface area contributed by atoms with E-state index in [1.807, 2.05) is 25.3 Å². The Balaban J connectivity index is 1.61. The van der Waals surface area contributed by atoms with Crippen LogP contribution >= 0.6 is 0 Å². The van der Waals surface area contributed by atoms with Crippen molar-refractivity contribution in [3.05, 3.63) is 59.7 Å². The molecule has 3 aromatic heterocycles. The zero-order valence-corrected chi connectivity index (χ0v) is 14.8. The summed E-state index contributed by atoms with van der Waals surface area (Å²) in [5.41, 5.74) is 5.84. The highest BCUT2D eigenvalue weighted by Gasteiger charge is 2.31. The number of fused-ring (bicyclic) bond motifs is 5. The smallest absolute Gasteiger partial charge is 0.276 e. The van der Waals surface area contributed by atoms with Crippen molar-refractivity contribution >= 4 is 0 Å². The molecular weight excluding hydrogens is 340 g/mol. The zero-order chi connectivity index (χ0) is 18.0. The quantitative estimate of drug-likeness (QED) is 0.482. The summed E-state index contributed by atoms with van der Waals surface area (Å²) in [5.74, 6) is 2.64. The fraction of sp³-hybridized carbons (Fsp3) is 0.250. The van der Waals surface area contributed by atoms with Gasteiger partial charge in [0.15, 0.2) is 5.82 Å². The predicted molar refractivity (Wildman–Crippen MR) is 97.4 cm³/mol. The number of imidazole rings is 1. The minimum atomic E-state index is 0.438. The number of benzene rings is 1. The lowest BCUT2D eigenvalue weighted by Crippen LogP contribution is -2.02. The molecule has 0 radical (unpaired) electrons. The molecule has 6 rings (SSSR count). The molecule has 1 aromatic carbocycles. The summed E-state index contributed by atoms with van der Waals surface area (Å²) in [4.78, 5) is 18.3. The summed E-state index contributed by atoms with van der Waals surface area (Å²) in [7, 11) is 0. The first kappa shape index (κ1) is 14.8. The third kappa shape index (κ3) is 2.17. The van der Waals surface area contributed by atoms with Gasteiger partial charge in [0.05, 0.1) is 11.4 Å². The number of hydrogen-bond acceptors (Lipinski definition) is 6. The van der Waals surface area contributed by atoms with Crippen LogP contribution in [0.3, 0.4) is 0 Å². The lowest BCUT2D eigenvalue weighted by atomic mass is 10.0. The Morgan fingerprint density at radius 2 is 1.93 bits per heavy atom. The molecule has 1 fully saturated rings. The number of aromatic nitrogens is 6. The van der Waals surface area contributed by atoms with Crippen LogP contribution in [-0.2, 0) is 6.42 Å². The van der Waals surface area contributed by atoms with Gasteiger partial charge in [-0.15, -0.1) is 0 Å². The number of aryl methyl sites for hydroxylation is 1. The topological polar surface area (TPSA) is 82.5 Å². The Kier molecular flexibility index (Phi) is 2.92. The molecule has 0 atom stereocenters. The Bertz CT molecular complexity index is 1190. The van der Waals surface area contributed by atoms with E-state index in [9.17, 15) is 0 Å². The van der Waals surface area contributed by atoms with Crippen molar-refractivity contribution in [2.45, 2.75) is 32.1 Å². The second-order valence-electron chi connectivity index (χ2n) is 7.11. The third-order valence-electron chi connectivity index (χ3n) is 5.30. The van der Waals surface area contributed by atoms with Gasteiger partial charge in [-0.3, -0.25) is 4.57 Å². The molecule has 0 unspecified atom stereocenters. The van der Waals surface area contributed by atoms with Gasteiger partial charge in [-0.25, -0.2) is 15.0 Å². The maximum Gasteiger partial charge on any atom is 0.276 e. The predicted octanol–water partition coefficient (Wildman–Crippen LogP) is 3.47. The van der Waals surface area contributed by atoms with E-state index in [2.05, 4.69) is 41.8 Å². The van der Waals surface area contributed by atoms with Crippen LogP contribution in [0, 0.1) is 6.92 Å². The fourth-order valence-electron chi connectivity index (χ4n) is 3.83. The highest BCUT2D eigenvalue weighted by molar-refractivity contribution is 5.78. The molecule has 4 aromatic rings. The summed E-state index contributed by atoms with van der Waals surface area (Å²) in [6, 6.07) is 8.25. The van der Waals surface area contributed by atoms with Crippen LogP contribution in [-0.4, -0.2) is 29.7 Å². The van der Waals surface area contributed by atoms with Crippen LogP contribution in [0.25, 0.3) is 28.5 Å². The molecule has 0 saturated heterocycles. The Hall–Kier alpha value is -3.35. The molecule has 0 spiro atoms. The minimum Gasteiger partial charge on any atom is -0.332 e. The van der Waals surface area contributed by atoms with Gasteiger partial charge in [-0.05, 0) is 25.8 Å². The van der Waals surface area contributed by atoms with E-state index in [0.29, 0.717) is 23.9 Å². The van der Waals surface area contributed by atoms with Crippen molar-refractivity contribution in [2.75, 3.05) is 0 Å². The SMILES string of the molecule is Cc1ncc2n1-c1ccccc1-c1ncnc(-c3nc(C4CC4)no3)c1C2. The summed E-state index contributed by atoms with van der Waals surface area (Å²) < 4.78 is 7.75. The van der Waals surface area contributed by atoms with Crippen LogP contribution in [0.2, 0.25) is 0 Å². The molecule has 7 heteroatoms. The minimum absolute atomic E-state index is 0.438. The second kappa shape index (κ2) is 5.33. The lowest BCUT2D eigenvalue weighted by Gasteiger charge is -2.11. The molecule has 0 N–H and O–H groups in total. The fourth-order valence-corrected chi connectivity index (χ4v) is 3.83. The second-order valence-corrected chi connectivity index (χ2v) is 7.11. The van der Waals surface area contributed by atoms with Crippen LogP contribution < -0.4 is 0 Å². The van der Waals surface area contributed by atoms with E-state index in [1.54, 1.807) is 6.33 Å². The van der Waals surface area contributed by atoms with Gasteiger partial charge in [-0.1, -0.05) is 23.4 Å². The van der Waals surface area contributed by atoms with Crippen molar-refractivity contribution < 1.29 is 4.52 Å². The van der Waals surface area contributed by atoms with Gasteiger partial charge in [0, 0.05) is 35.4 Å². The maximum atomic E-state index is 5.57. The van der Waals surface area contributed by atoms with Gasteiger partial charge in [0.25, 0.3) is 5.89 Å². The molecule has 7 nitrogen and oxygen atoms in total. The van der Waals surface area contributed by atoms with Gasteiger partial charge < -0.3 is 4.52 Å².